The fraction of sp³-hybridized carbons (Fsp3) is 0.421. The summed E-state index contributed by atoms with van der Waals surface area (Å²) in [7, 11) is 4.04. The van der Waals surface area contributed by atoms with E-state index in [1.165, 1.54) is 10.4 Å². The molecule has 2 rings (SSSR count). The first kappa shape index (κ1) is 18.5. The zero-order valence-electron chi connectivity index (χ0n) is 15.1. The van der Waals surface area contributed by atoms with E-state index in [2.05, 4.69) is 40.7 Å². The predicted octanol–water partition coefficient (Wildman–Crippen LogP) is 3.47. The van der Waals surface area contributed by atoms with Gasteiger partial charge >= 0.3 is 0 Å². The number of carbonyl (C=O) groups is 1. The summed E-state index contributed by atoms with van der Waals surface area (Å²) in [6.45, 7) is 6.68. The zero-order valence-corrected chi connectivity index (χ0v) is 15.9. The highest BCUT2D eigenvalue weighted by atomic mass is 32.1. The van der Waals surface area contributed by atoms with Crippen LogP contribution >= 0.6 is 11.3 Å². The molecule has 0 saturated carbocycles. The van der Waals surface area contributed by atoms with Crippen molar-refractivity contribution in [2.75, 3.05) is 27.2 Å². The van der Waals surface area contributed by atoms with E-state index in [1.807, 2.05) is 34.0 Å². The quantitative estimate of drug-likeness (QED) is 0.835. The molecule has 1 amide bonds. The number of ether oxygens (including phenoxy) is 1. The Kier molecular flexibility index (Phi) is 6.40. The summed E-state index contributed by atoms with van der Waals surface area (Å²) >= 11 is 1.70. The largest absolute Gasteiger partial charge is 0.483 e. The third-order valence-corrected chi connectivity index (χ3v) is 4.91. The second-order valence-corrected chi connectivity index (χ2v) is 7.29. The number of nitrogens with one attached hydrogen (secondary N) is 1. The Balaban J connectivity index is 1.90. The van der Waals surface area contributed by atoms with Crippen LogP contribution in [0.2, 0.25) is 0 Å². The minimum absolute atomic E-state index is 0.0370. The van der Waals surface area contributed by atoms with Gasteiger partial charge in [0.1, 0.15) is 5.75 Å². The molecule has 4 nitrogen and oxygen atoms in total. The van der Waals surface area contributed by atoms with E-state index in [-0.39, 0.29) is 18.6 Å². The lowest BCUT2D eigenvalue weighted by Gasteiger charge is -2.23. The summed E-state index contributed by atoms with van der Waals surface area (Å²) in [5, 5.41) is 5.03. The zero-order chi connectivity index (χ0) is 17.7. The molecule has 2 aromatic rings. The highest BCUT2D eigenvalue weighted by Gasteiger charge is 2.16. The standard InChI is InChI=1S/C19H26N2O2S/c1-13-9-14(2)19(15(3)10-13)23-12-18(22)20-11-16(21(4)5)17-7-6-8-24-17/h6-10,16H,11-12H2,1-5H3,(H,20,22)/t16-/m0/s1. The first-order valence-electron chi connectivity index (χ1n) is 8.05. The number of rotatable bonds is 7. The summed E-state index contributed by atoms with van der Waals surface area (Å²) in [6.07, 6.45) is 0. The van der Waals surface area contributed by atoms with Crippen molar-refractivity contribution in [3.05, 3.63) is 51.2 Å². The van der Waals surface area contributed by atoms with Gasteiger partial charge in [-0.05, 0) is 57.4 Å². The van der Waals surface area contributed by atoms with Gasteiger partial charge < -0.3 is 15.0 Å². The van der Waals surface area contributed by atoms with E-state index in [4.69, 9.17) is 4.74 Å². The van der Waals surface area contributed by atoms with Crippen molar-refractivity contribution in [3.63, 3.8) is 0 Å². The molecule has 0 aliphatic carbocycles. The van der Waals surface area contributed by atoms with Gasteiger partial charge in [-0.3, -0.25) is 4.79 Å². The van der Waals surface area contributed by atoms with Crippen molar-refractivity contribution in [2.45, 2.75) is 26.8 Å². The summed E-state index contributed by atoms with van der Waals surface area (Å²) < 4.78 is 5.74. The van der Waals surface area contributed by atoms with Crippen LogP contribution in [0.4, 0.5) is 0 Å². The molecule has 1 atom stereocenters. The highest BCUT2D eigenvalue weighted by molar-refractivity contribution is 7.10. The number of benzene rings is 1. The Morgan fingerprint density at radius 3 is 2.46 bits per heavy atom. The fourth-order valence-corrected chi connectivity index (χ4v) is 3.73. The van der Waals surface area contributed by atoms with Crippen LogP contribution in [0.3, 0.4) is 0 Å². The minimum Gasteiger partial charge on any atom is -0.483 e. The molecule has 130 valence electrons. The molecule has 0 unspecified atom stereocenters. The predicted molar refractivity (Wildman–Crippen MR) is 99.9 cm³/mol. The molecular formula is C19H26N2O2S. The van der Waals surface area contributed by atoms with E-state index < -0.39 is 0 Å². The van der Waals surface area contributed by atoms with E-state index in [0.717, 1.165) is 16.9 Å². The normalized spacial score (nSPS) is 12.2. The Morgan fingerprint density at radius 2 is 1.92 bits per heavy atom. The van der Waals surface area contributed by atoms with Gasteiger partial charge in [0.05, 0.1) is 6.04 Å². The van der Waals surface area contributed by atoms with Crippen LogP contribution < -0.4 is 10.1 Å². The smallest absolute Gasteiger partial charge is 0.258 e. The van der Waals surface area contributed by atoms with Crippen LogP contribution in [0.1, 0.15) is 27.6 Å². The SMILES string of the molecule is Cc1cc(C)c(OCC(=O)NC[C@@H](c2cccs2)N(C)C)c(C)c1. The summed E-state index contributed by atoms with van der Waals surface area (Å²) in [5.41, 5.74) is 3.32. The molecule has 0 radical (unpaired) electrons. The van der Waals surface area contributed by atoms with Gasteiger partial charge in [-0.15, -0.1) is 11.3 Å². The molecule has 0 bridgehead atoms. The van der Waals surface area contributed by atoms with Gasteiger partial charge in [-0.1, -0.05) is 23.8 Å². The van der Waals surface area contributed by atoms with Crippen molar-refractivity contribution in [1.82, 2.24) is 10.2 Å². The number of carbonyl (C=O) groups excluding carboxylic acids is 1. The molecule has 1 aromatic carbocycles. The summed E-state index contributed by atoms with van der Waals surface area (Å²) in [6, 6.07) is 8.44. The van der Waals surface area contributed by atoms with Gasteiger partial charge in [0, 0.05) is 11.4 Å². The monoisotopic (exact) mass is 346 g/mol. The number of likely N-dealkylation sites (N-methyl/N-ethyl adjacent to an activating group) is 1. The molecule has 5 heteroatoms. The third-order valence-electron chi connectivity index (χ3n) is 3.94. The first-order valence-corrected chi connectivity index (χ1v) is 8.93. The molecule has 1 aromatic heterocycles. The molecule has 24 heavy (non-hydrogen) atoms. The Bertz CT molecular complexity index is 658. The first-order chi connectivity index (χ1) is 11.4. The lowest BCUT2D eigenvalue weighted by molar-refractivity contribution is -0.123. The van der Waals surface area contributed by atoms with E-state index in [9.17, 15) is 4.79 Å². The Labute approximate surface area is 148 Å². The topological polar surface area (TPSA) is 41.6 Å². The third kappa shape index (κ3) is 4.82. The number of hydrogen-bond acceptors (Lipinski definition) is 4. The molecule has 1 N–H and O–H groups in total. The molecule has 0 aliphatic heterocycles. The van der Waals surface area contributed by atoms with Crippen LogP contribution in [0.5, 0.6) is 5.75 Å². The van der Waals surface area contributed by atoms with Gasteiger partial charge in [-0.25, -0.2) is 0 Å². The molecule has 0 spiro atoms. The molecule has 1 heterocycles. The van der Waals surface area contributed by atoms with E-state index in [0.29, 0.717) is 6.54 Å². The number of thiophene rings is 1. The maximum Gasteiger partial charge on any atom is 0.258 e. The lowest BCUT2D eigenvalue weighted by Crippen LogP contribution is -2.36. The number of amides is 1. The molecule has 0 aliphatic rings. The molecule has 0 saturated heterocycles. The number of aryl methyl sites for hydroxylation is 3. The van der Waals surface area contributed by atoms with Gasteiger partial charge in [0.15, 0.2) is 6.61 Å². The average molecular weight is 346 g/mol. The molecule has 0 fully saturated rings. The second kappa shape index (κ2) is 8.31. The van der Waals surface area contributed by atoms with Gasteiger partial charge in [0.25, 0.3) is 5.91 Å². The highest BCUT2D eigenvalue weighted by Crippen LogP contribution is 2.24. The molecular weight excluding hydrogens is 320 g/mol. The maximum atomic E-state index is 12.2. The Morgan fingerprint density at radius 1 is 1.25 bits per heavy atom. The van der Waals surface area contributed by atoms with E-state index >= 15 is 0 Å². The second-order valence-electron chi connectivity index (χ2n) is 6.32. The van der Waals surface area contributed by atoms with Crippen molar-refractivity contribution in [2.24, 2.45) is 0 Å². The van der Waals surface area contributed by atoms with Crippen molar-refractivity contribution in [3.8, 4) is 5.75 Å². The lowest BCUT2D eigenvalue weighted by atomic mass is 10.1. The van der Waals surface area contributed by atoms with Crippen molar-refractivity contribution in [1.29, 1.82) is 0 Å². The van der Waals surface area contributed by atoms with Crippen LogP contribution in [-0.4, -0.2) is 38.1 Å². The van der Waals surface area contributed by atoms with Crippen LogP contribution in [-0.2, 0) is 4.79 Å². The summed E-state index contributed by atoms with van der Waals surface area (Å²) in [5.74, 6) is 0.705. The van der Waals surface area contributed by atoms with Crippen LogP contribution in [0.15, 0.2) is 29.6 Å². The van der Waals surface area contributed by atoms with E-state index in [1.54, 1.807) is 11.3 Å². The fourth-order valence-electron chi connectivity index (χ4n) is 2.81. The van der Waals surface area contributed by atoms with Crippen LogP contribution in [0, 0.1) is 20.8 Å². The van der Waals surface area contributed by atoms with Gasteiger partial charge in [0.2, 0.25) is 0 Å². The Hall–Kier alpha value is -1.85. The number of hydrogen-bond donors (Lipinski definition) is 1. The summed E-state index contributed by atoms with van der Waals surface area (Å²) in [4.78, 5) is 15.5. The maximum absolute atomic E-state index is 12.2. The van der Waals surface area contributed by atoms with Crippen molar-refractivity contribution >= 4 is 17.2 Å². The minimum atomic E-state index is -0.0993. The number of nitrogens with zero attached hydrogens (tertiary/aromatic N) is 1. The van der Waals surface area contributed by atoms with Gasteiger partial charge in [-0.2, -0.15) is 0 Å². The van der Waals surface area contributed by atoms with Crippen molar-refractivity contribution < 1.29 is 9.53 Å². The van der Waals surface area contributed by atoms with Crippen LogP contribution in [0.25, 0.3) is 0 Å². The average Bonchev–Trinajstić information content (AvgIpc) is 3.00.